The molecule has 18 heavy (non-hydrogen) atoms. The average molecular weight is 274 g/mol. The molecular formula is C12H22N2O3S. The lowest BCUT2D eigenvalue weighted by molar-refractivity contribution is -0.140. The van der Waals surface area contributed by atoms with Crippen LogP contribution in [-0.2, 0) is 9.59 Å². The van der Waals surface area contributed by atoms with Gasteiger partial charge >= 0.3 is 5.97 Å². The van der Waals surface area contributed by atoms with E-state index in [2.05, 4.69) is 10.2 Å². The zero-order chi connectivity index (χ0) is 13.4. The van der Waals surface area contributed by atoms with Crippen LogP contribution in [0.2, 0.25) is 0 Å². The number of amides is 1. The molecule has 104 valence electrons. The average Bonchev–Trinajstić information content (AvgIpc) is 2.33. The van der Waals surface area contributed by atoms with Crippen molar-refractivity contribution in [1.82, 2.24) is 10.2 Å². The van der Waals surface area contributed by atoms with Crippen LogP contribution in [0.15, 0.2) is 0 Å². The van der Waals surface area contributed by atoms with Crippen LogP contribution in [-0.4, -0.2) is 59.1 Å². The monoisotopic (exact) mass is 274 g/mol. The number of piperidine rings is 1. The SMILES string of the molecule is CC(=O)NC(CSCCN1CCCCC1)C(=O)O. The Hall–Kier alpha value is -0.750. The molecule has 0 aromatic rings. The second-order valence-electron chi connectivity index (χ2n) is 4.57. The number of aliphatic carboxylic acids is 1. The number of nitrogens with one attached hydrogen (secondary N) is 1. The van der Waals surface area contributed by atoms with Gasteiger partial charge in [0.2, 0.25) is 5.91 Å². The van der Waals surface area contributed by atoms with Gasteiger partial charge in [-0.3, -0.25) is 4.79 Å². The number of carboxylic acids is 1. The highest BCUT2D eigenvalue weighted by Gasteiger charge is 2.18. The fraction of sp³-hybridized carbons (Fsp3) is 0.833. The molecule has 1 amide bonds. The van der Waals surface area contributed by atoms with E-state index in [9.17, 15) is 9.59 Å². The summed E-state index contributed by atoms with van der Waals surface area (Å²) in [7, 11) is 0. The summed E-state index contributed by atoms with van der Waals surface area (Å²) in [4.78, 5) is 24.2. The molecule has 1 fully saturated rings. The van der Waals surface area contributed by atoms with Crippen molar-refractivity contribution in [2.45, 2.75) is 32.2 Å². The number of rotatable bonds is 7. The van der Waals surface area contributed by atoms with Crippen LogP contribution in [0.1, 0.15) is 26.2 Å². The largest absolute Gasteiger partial charge is 0.480 e. The zero-order valence-corrected chi connectivity index (χ0v) is 11.7. The fourth-order valence-corrected chi connectivity index (χ4v) is 3.01. The van der Waals surface area contributed by atoms with Crippen molar-refractivity contribution in [3.8, 4) is 0 Å². The maximum atomic E-state index is 10.9. The summed E-state index contributed by atoms with van der Waals surface area (Å²) in [5.74, 6) is 0.0984. The van der Waals surface area contributed by atoms with Gasteiger partial charge in [-0.05, 0) is 25.9 Å². The van der Waals surface area contributed by atoms with Crippen LogP contribution in [0.5, 0.6) is 0 Å². The van der Waals surface area contributed by atoms with Gasteiger partial charge < -0.3 is 15.3 Å². The number of nitrogens with zero attached hydrogens (tertiary/aromatic N) is 1. The Morgan fingerprint density at radius 3 is 2.56 bits per heavy atom. The van der Waals surface area contributed by atoms with E-state index in [-0.39, 0.29) is 5.91 Å². The summed E-state index contributed by atoms with van der Waals surface area (Å²) in [5, 5.41) is 11.4. The van der Waals surface area contributed by atoms with E-state index in [0.29, 0.717) is 5.75 Å². The van der Waals surface area contributed by atoms with Crippen LogP contribution in [0, 0.1) is 0 Å². The first-order valence-corrected chi connectivity index (χ1v) is 7.55. The standard InChI is InChI=1S/C12H22N2O3S/c1-10(15)13-11(12(16)17)9-18-8-7-14-5-3-2-4-6-14/h11H,2-9H2,1H3,(H,13,15)(H,16,17). The van der Waals surface area contributed by atoms with E-state index in [1.165, 1.54) is 26.2 Å². The van der Waals surface area contributed by atoms with Crippen molar-refractivity contribution in [2.24, 2.45) is 0 Å². The van der Waals surface area contributed by atoms with Crippen molar-refractivity contribution >= 4 is 23.6 Å². The van der Waals surface area contributed by atoms with Gasteiger partial charge in [-0.1, -0.05) is 6.42 Å². The highest BCUT2D eigenvalue weighted by Crippen LogP contribution is 2.10. The summed E-state index contributed by atoms with van der Waals surface area (Å²) in [6.07, 6.45) is 3.87. The zero-order valence-electron chi connectivity index (χ0n) is 10.9. The minimum Gasteiger partial charge on any atom is -0.480 e. The number of carbonyl (C=O) groups is 2. The van der Waals surface area contributed by atoms with E-state index in [0.717, 1.165) is 25.4 Å². The van der Waals surface area contributed by atoms with Crippen molar-refractivity contribution < 1.29 is 14.7 Å². The summed E-state index contributed by atoms with van der Waals surface area (Å²) in [6.45, 7) is 4.68. The number of carbonyl (C=O) groups excluding carboxylic acids is 1. The molecule has 1 saturated heterocycles. The molecule has 1 aliphatic heterocycles. The van der Waals surface area contributed by atoms with Crippen LogP contribution in [0.4, 0.5) is 0 Å². The summed E-state index contributed by atoms with van der Waals surface area (Å²) in [5.41, 5.74) is 0. The van der Waals surface area contributed by atoms with Gasteiger partial charge in [-0.2, -0.15) is 11.8 Å². The molecular weight excluding hydrogens is 252 g/mol. The first-order chi connectivity index (χ1) is 8.59. The van der Waals surface area contributed by atoms with Crippen LogP contribution in [0.25, 0.3) is 0 Å². The van der Waals surface area contributed by atoms with Crippen molar-refractivity contribution in [3.63, 3.8) is 0 Å². The second kappa shape index (κ2) is 8.37. The molecule has 0 bridgehead atoms. The van der Waals surface area contributed by atoms with E-state index >= 15 is 0 Å². The van der Waals surface area contributed by atoms with Gasteiger partial charge in [0.25, 0.3) is 0 Å². The Kier molecular flexibility index (Phi) is 7.12. The van der Waals surface area contributed by atoms with Crippen LogP contribution >= 0.6 is 11.8 Å². The molecule has 6 heteroatoms. The van der Waals surface area contributed by atoms with Gasteiger partial charge in [0.1, 0.15) is 6.04 Å². The third kappa shape index (κ3) is 6.26. The molecule has 2 N–H and O–H groups in total. The highest BCUT2D eigenvalue weighted by atomic mass is 32.2. The predicted octanol–water partition coefficient (Wildman–Crippen LogP) is 0.795. The third-order valence-electron chi connectivity index (χ3n) is 2.96. The normalized spacial score (nSPS) is 18.3. The fourth-order valence-electron chi connectivity index (χ4n) is 2.00. The Morgan fingerprint density at radius 2 is 2.00 bits per heavy atom. The van der Waals surface area contributed by atoms with E-state index in [1.807, 2.05) is 0 Å². The van der Waals surface area contributed by atoms with Crippen molar-refractivity contribution in [3.05, 3.63) is 0 Å². The van der Waals surface area contributed by atoms with Gasteiger partial charge in [-0.15, -0.1) is 0 Å². The summed E-state index contributed by atoms with van der Waals surface area (Å²) in [6, 6.07) is -0.770. The number of carboxylic acid groups (broad SMARTS) is 1. The van der Waals surface area contributed by atoms with Gasteiger partial charge in [0.05, 0.1) is 0 Å². The van der Waals surface area contributed by atoms with Crippen molar-refractivity contribution in [1.29, 1.82) is 0 Å². The first-order valence-electron chi connectivity index (χ1n) is 6.39. The Balaban J connectivity index is 2.13. The summed E-state index contributed by atoms with van der Waals surface area (Å²) >= 11 is 1.59. The quantitative estimate of drug-likeness (QED) is 0.672. The number of thioether (sulfide) groups is 1. The van der Waals surface area contributed by atoms with Gasteiger partial charge in [0.15, 0.2) is 0 Å². The minimum absolute atomic E-state index is 0.293. The number of hydrogen-bond acceptors (Lipinski definition) is 4. The molecule has 1 heterocycles. The topological polar surface area (TPSA) is 69.6 Å². The molecule has 1 atom stereocenters. The molecule has 5 nitrogen and oxygen atoms in total. The Morgan fingerprint density at radius 1 is 1.33 bits per heavy atom. The molecule has 0 aromatic heterocycles. The number of hydrogen-bond donors (Lipinski definition) is 2. The van der Waals surface area contributed by atoms with E-state index in [4.69, 9.17) is 5.11 Å². The second-order valence-corrected chi connectivity index (χ2v) is 5.72. The molecule has 1 rings (SSSR count). The summed E-state index contributed by atoms with van der Waals surface area (Å²) < 4.78 is 0. The predicted molar refractivity (Wildman–Crippen MR) is 72.9 cm³/mol. The first kappa shape index (κ1) is 15.3. The lowest BCUT2D eigenvalue weighted by Crippen LogP contribution is -2.41. The molecule has 0 saturated carbocycles. The molecule has 0 aromatic carbocycles. The minimum atomic E-state index is -0.962. The lowest BCUT2D eigenvalue weighted by Gasteiger charge is -2.26. The molecule has 0 aliphatic carbocycles. The van der Waals surface area contributed by atoms with E-state index in [1.54, 1.807) is 11.8 Å². The van der Waals surface area contributed by atoms with Crippen LogP contribution < -0.4 is 5.32 Å². The Bertz CT molecular complexity index is 280. The molecule has 1 aliphatic rings. The maximum Gasteiger partial charge on any atom is 0.327 e. The van der Waals surface area contributed by atoms with Crippen LogP contribution in [0.3, 0.4) is 0 Å². The van der Waals surface area contributed by atoms with Crippen molar-refractivity contribution in [2.75, 3.05) is 31.1 Å². The Labute approximate surface area is 112 Å². The van der Waals surface area contributed by atoms with Gasteiger partial charge in [0, 0.05) is 25.0 Å². The third-order valence-corrected chi connectivity index (χ3v) is 4.00. The molecule has 1 unspecified atom stereocenters. The van der Waals surface area contributed by atoms with E-state index < -0.39 is 12.0 Å². The smallest absolute Gasteiger partial charge is 0.327 e. The highest BCUT2D eigenvalue weighted by molar-refractivity contribution is 7.99. The maximum absolute atomic E-state index is 10.9. The molecule has 0 spiro atoms. The molecule has 0 radical (unpaired) electrons. The number of likely N-dealkylation sites (tertiary alicyclic amines) is 1. The lowest BCUT2D eigenvalue weighted by atomic mass is 10.1. The van der Waals surface area contributed by atoms with Gasteiger partial charge in [-0.25, -0.2) is 4.79 Å².